The van der Waals surface area contributed by atoms with Crippen LogP contribution < -0.4 is 0 Å². The van der Waals surface area contributed by atoms with Crippen LogP contribution in [0.4, 0.5) is 0 Å². The van der Waals surface area contributed by atoms with E-state index in [4.69, 9.17) is 0 Å². The Bertz CT molecular complexity index is 125. The number of rotatable bonds is 3. The molecule has 0 unspecified atom stereocenters. The predicted molar refractivity (Wildman–Crippen MR) is 25.3 cm³/mol. The van der Waals surface area contributed by atoms with Crippen LogP contribution in [0, 0.1) is 0 Å². The Balaban J connectivity index is 3.68. The van der Waals surface area contributed by atoms with E-state index < -0.39 is 22.3 Å². The second-order valence-corrected chi connectivity index (χ2v) is 3.59. The first-order valence-corrected chi connectivity index (χ1v) is 4.65. The average Bonchev–Trinajstić information content (AvgIpc) is 1.82. The molecular weight excluding hydrogens is 213 g/mol. The third-order valence-corrected chi connectivity index (χ3v) is 2.07. The molecule has 0 aromatic rings. The summed E-state index contributed by atoms with van der Waals surface area (Å²) < 4.78 is 4.32. The second kappa shape index (κ2) is 4.33. The van der Waals surface area contributed by atoms with E-state index in [0.29, 0.717) is 9.76 Å². The van der Waals surface area contributed by atoms with Gasteiger partial charge >= 0.3 is 56.9 Å². The quantitative estimate of drug-likeness (QED) is 0.471. The third kappa shape index (κ3) is 3.97. The molecular formula is C4H5O4Ru. The second-order valence-electron chi connectivity index (χ2n) is 1.01. The number of hydrogen-bond acceptors (Lipinski definition) is 4. The Kier molecular flexibility index (Phi) is 4.05. The minimum atomic E-state index is -2.50. The number of hydrogen-bond donors (Lipinski definition) is 0. The predicted octanol–water partition coefficient (Wildman–Crippen LogP) is -0.537. The van der Waals surface area contributed by atoms with Crippen LogP contribution in [0.1, 0.15) is 6.92 Å². The van der Waals surface area contributed by atoms with Crippen molar-refractivity contribution in [3.05, 3.63) is 0 Å². The van der Waals surface area contributed by atoms with E-state index in [-0.39, 0.29) is 0 Å². The van der Waals surface area contributed by atoms with E-state index in [1.807, 2.05) is 0 Å². The van der Waals surface area contributed by atoms with Gasteiger partial charge in [0, 0.05) is 0 Å². The molecule has 0 aromatic heterocycles. The summed E-state index contributed by atoms with van der Waals surface area (Å²) in [7, 11) is 0. The Morgan fingerprint density at radius 3 is 2.00 bits per heavy atom. The average molecular weight is 218 g/mol. The fourth-order valence-corrected chi connectivity index (χ4v) is 1.01. The van der Waals surface area contributed by atoms with Crippen molar-refractivity contribution in [2.45, 2.75) is 6.92 Å². The van der Waals surface area contributed by atoms with E-state index in [1.165, 1.54) is 0 Å². The molecule has 53 valence electrons. The van der Waals surface area contributed by atoms with Gasteiger partial charge in [0.05, 0.1) is 0 Å². The van der Waals surface area contributed by atoms with Crippen molar-refractivity contribution in [2.24, 2.45) is 0 Å². The van der Waals surface area contributed by atoms with Crippen LogP contribution in [0.15, 0.2) is 0 Å². The van der Waals surface area contributed by atoms with Gasteiger partial charge in [0.25, 0.3) is 0 Å². The standard InChI is InChI=1S/C2H4O2.2CHO.Ru/c1-2(3)4;2*1-2;/h1H3,(H,3,4);2*1H;/q;;;+1/p-1. The molecule has 0 saturated carbocycles. The van der Waals surface area contributed by atoms with E-state index in [1.54, 1.807) is 0 Å². The van der Waals surface area contributed by atoms with Gasteiger partial charge in [-0.2, -0.15) is 0 Å². The third-order valence-electron chi connectivity index (χ3n) is 0.349. The molecule has 0 atom stereocenters. The van der Waals surface area contributed by atoms with Crippen LogP contribution in [0.3, 0.4) is 0 Å². The first kappa shape index (κ1) is 8.43. The molecule has 0 aliphatic carbocycles. The van der Waals surface area contributed by atoms with Gasteiger partial charge in [0.1, 0.15) is 0 Å². The van der Waals surface area contributed by atoms with Gasteiger partial charge < -0.3 is 0 Å². The Labute approximate surface area is 57.5 Å². The molecule has 4 nitrogen and oxygen atoms in total. The van der Waals surface area contributed by atoms with Crippen molar-refractivity contribution in [3.8, 4) is 0 Å². The normalized spacial score (nSPS) is 9.67. The van der Waals surface area contributed by atoms with Crippen molar-refractivity contribution < 1.29 is 34.3 Å². The van der Waals surface area contributed by atoms with Crippen molar-refractivity contribution in [1.29, 1.82) is 0 Å². The van der Waals surface area contributed by atoms with Gasteiger partial charge in [-0.1, -0.05) is 0 Å². The van der Waals surface area contributed by atoms with Gasteiger partial charge in [-0.15, -0.1) is 0 Å². The van der Waals surface area contributed by atoms with Crippen LogP contribution in [0.25, 0.3) is 0 Å². The molecule has 0 aromatic carbocycles. The zero-order chi connectivity index (χ0) is 7.28. The molecule has 5 heteroatoms. The van der Waals surface area contributed by atoms with Crippen molar-refractivity contribution in [3.63, 3.8) is 0 Å². The van der Waals surface area contributed by atoms with Crippen LogP contribution in [0.5, 0.6) is 0 Å². The molecule has 0 radical (unpaired) electrons. The molecule has 9 heavy (non-hydrogen) atoms. The van der Waals surface area contributed by atoms with Crippen LogP contribution >= 0.6 is 0 Å². The SMILES string of the molecule is CC(=O)[O][Ru]([CH]=O)[CH]=O. The summed E-state index contributed by atoms with van der Waals surface area (Å²) in [5.74, 6) is -0.576. The summed E-state index contributed by atoms with van der Waals surface area (Å²) in [6.45, 7) is 1.16. The summed E-state index contributed by atoms with van der Waals surface area (Å²) in [5, 5.41) is 0. The zero-order valence-corrected chi connectivity index (χ0v) is 6.38. The topological polar surface area (TPSA) is 60.4 Å². The monoisotopic (exact) mass is 219 g/mol. The van der Waals surface area contributed by atoms with Gasteiger partial charge in [0.15, 0.2) is 0 Å². The van der Waals surface area contributed by atoms with Crippen LogP contribution in [-0.4, -0.2) is 15.7 Å². The van der Waals surface area contributed by atoms with Gasteiger partial charge in [0.2, 0.25) is 0 Å². The molecule has 0 bridgehead atoms. The Morgan fingerprint density at radius 2 is 1.89 bits per heavy atom. The van der Waals surface area contributed by atoms with Crippen molar-refractivity contribution in [1.82, 2.24) is 0 Å². The fraction of sp³-hybridized carbons (Fsp3) is 0.250. The zero-order valence-electron chi connectivity index (χ0n) is 4.64. The molecule has 0 fully saturated rings. The summed E-state index contributed by atoms with van der Waals surface area (Å²) in [4.78, 5) is 30.5. The molecule has 0 aliphatic rings. The van der Waals surface area contributed by atoms with Gasteiger partial charge in [-0.05, 0) is 0 Å². The maximum atomic E-state index is 10.1. The molecule has 0 amide bonds. The van der Waals surface area contributed by atoms with Crippen molar-refractivity contribution >= 4 is 15.7 Å². The molecule has 0 saturated heterocycles. The van der Waals surface area contributed by atoms with Crippen molar-refractivity contribution in [2.75, 3.05) is 0 Å². The summed E-state index contributed by atoms with van der Waals surface area (Å²) in [6.07, 6.45) is 0. The summed E-state index contributed by atoms with van der Waals surface area (Å²) in [6, 6.07) is 0. The van der Waals surface area contributed by atoms with E-state index in [2.05, 4.69) is 3.56 Å². The maximum absolute atomic E-state index is 10.1. The molecule has 0 rings (SSSR count). The Hall–Kier alpha value is -0.567. The number of carbonyl (C=O) groups is 3. The molecule has 0 aliphatic heterocycles. The van der Waals surface area contributed by atoms with Crippen LogP contribution in [-0.2, 0) is 34.3 Å². The minimum absolute atomic E-state index is 0.402. The van der Waals surface area contributed by atoms with Crippen LogP contribution in [0.2, 0.25) is 0 Å². The van der Waals surface area contributed by atoms with Gasteiger partial charge in [-0.3, -0.25) is 0 Å². The summed E-state index contributed by atoms with van der Waals surface area (Å²) in [5.41, 5.74) is 0. The molecule has 0 spiro atoms. The Morgan fingerprint density at radius 1 is 1.44 bits per heavy atom. The first-order valence-electron chi connectivity index (χ1n) is 1.93. The first-order chi connectivity index (χ1) is 4.20. The summed E-state index contributed by atoms with van der Waals surface area (Å²) >= 11 is -2.50. The molecule has 0 heterocycles. The van der Waals surface area contributed by atoms with E-state index in [9.17, 15) is 14.4 Å². The fourth-order valence-electron chi connectivity index (χ4n) is 0.171. The van der Waals surface area contributed by atoms with Gasteiger partial charge in [-0.25, -0.2) is 0 Å². The van der Waals surface area contributed by atoms with E-state index in [0.717, 1.165) is 6.92 Å². The van der Waals surface area contributed by atoms with E-state index >= 15 is 0 Å². The number of carbonyl (C=O) groups excluding carboxylic acids is 3. The molecule has 0 N–H and O–H groups in total.